The number of halogens is 2. The molecular weight excluding hydrogens is 369 g/mol. The Labute approximate surface area is 157 Å². The Morgan fingerprint density at radius 3 is 2.52 bits per heavy atom. The minimum absolute atomic E-state index is 0. The summed E-state index contributed by atoms with van der Waals surface area (Å²) in [7, 11) is 0. The average Bonchev–Trinajstić information content (AvgIpc) is 3.07. The van der Waals surface area contributed by atoms with Gasteiger partial charge in [0.2, 0.25) is 11.8 Å². The van der Waals surface area contributed by atoms with E-state index in [0.717, 1.165) is 0 Å². The normalized spacial score (nSPS) is 11.0. The molecule has 0 spiro atoms. The first-order chi connectivity index (χ1) is 11.0. The molecule has 138 valence electrons. The van der Waals surface area contributed by atoms with Gasteiger partial charge in [0.25, 0.3) is 0 Å². The molecule has 2 heterocycles. The molecule has 9 nitrogen and oxygen atoms in total. The van der Waals surface area contributed by atoms with Crippen molar-refractivity contribution in [3.63, 3.8) is 0 Å². The van der Waals surface area contributed by atoms with Crippen molar-refractivity contribution < 1.29 is 9.59 Å². The number of nitrogens with two attached hydrogens (primary N) is 1. The van der Waals surface area contributed by atoms with Crippen molar-refractivity contribution >= 4 is 42.3 Å². The van der Waals surface area contributed by atoms with Crippen LogP contribution in [0.5, 0.6) is 0 Å². The second-order valence-corrected chi connectivity index (χ2v) is 5.28. The van der Waals surface area contributed by atoms with Crippen LogP contribution in [0, 0.1) is 5.92 Å². The van der Waals surface area contributed by atoms with Crippen LogP contribution in [0.4, 0.5) is 5.69 Å². The zero-order valence-electron chi connectivity index (χ0n) is 13.7. The molecule has 0 saturated heterocycles. The summed E-state index contributed by atoms with van der Waals surface area (Å²) in [5.74, 6) is -0.122. The number of hydrogen-bond donors (Lipinski definition) is 3. The first-order valence-electron chi connectivity index (χ1n) is 7.11. The van der Waals surface area contributed by atoms with E-state index >= 15 is 0 Å². The van der Waals surface area contributed by atoms with E-state index in [0.29, 0.717) is 11.5 Å². The summed E-state index contributed by atoms with van der Waals surface area (Å²) in [6.45, 7) is 3.53. The smallest absolute Gasteiger partial charge is 0.243 e. The standard InChI is InChI=1S/C14H19N7O2.2ClH/c1-9(2)13(15)14(23)18-6-12(22)20-10-3-4-11(17-5-10)21-8-16-7-19-21;;/h3-5,7-9,13H,6,15H2,1-2H3,(H,18,23)(H,20,22);2*1H/t13-;;/m0../s1. The van der Waals surface area contributed by atoms with Crippen LogP contribution in [0.25, 0.3) is 5.82 Å². The highest BCUT2D eigenvalue weighted by molar-refractivity contribution is 5.95. The van der Waals surface area contributed by atoms with Gasteiger partial charge in [-0.15, -0.1) is 24.8 Å². The van der Waals surface area contributed by atoms with Crippen molar-refractivity contribution in [2.24, 2.45) is 11.7 Å². The molecule has 2 rings (SSSR count). The maximum atomic E-state index is 11.8. The summed E-state index contributed by atoms with van der Waals surface area (Å²) >= 11 is 0. The monoisotopic (exact) mass is 389 g/mol. The maximum Gasteiger partial charge on any atom is 0.243 e. The summed E-state index contributed by atoms with van der Waals surface area (Å²) in [6.07, 6.45) is 4.42. The van der Waals surface area contributed by atoms with E-state index in [-0.39, 0.29) is 49.1 Å². The number of aromatic nitrogens is 4. The van der Waals surface area contributed by atoms with Crippen molar-refractivity contribution in [3.05, 3.63) is 31.0 Å². The lowest BCUT2D eigenvalue weighted by molar-refractivity contribution is -0.125. The summed E-state index contributed by atoms with van der Waals surface area (Å²) in [6, 6.07) is 2.74. The minimum Gasteiger partial charge on any atom is -0.346 e. The molecule has 4 N–H and O–H groups in total. The molecule has 2 aromatic rings. The number of carbonyl (C=O) groups excluding carboxylic acids is 2. The van der Waals surface area contributed by atoms with Crippen molar-refractivity contribution in [3.8, 4) is 5.82 Å². The summed E-state index contributed by atoms with van der Waals surface area (Å²) < 4.78 is 1.50. The van der Waals surface area contributed by atoms with Gasteiger partial charge in [0.1, 0.15) is 12.7 Å². The van der Waals surface area contributed by atoms with Crippen LogP contribution in [-0.4, -0.2) is 44.1 Å². The van der Waals surface area contributed by atoms with Gasteiger partial charge in [-0.3, -0.25) is 9.59 Å². The second-order valence-electron chi connectivity index (χ2n) is 5.28. The minimum atomic E-state index is -0.633. The van der Waals surface area contributed by atoms with E-state index in [9.17, 15) is 9.59 Å². The predicted octanol–water partition coefficient (Wildman–Crippen LogP) is 0.544. The average molecular weight is 390 g/mol. The van der Waals surface area contributed by atoms with Gasteiger partial charge in [0.15, 0.2) is 5.82 Å². The van der Waals surface area contributed by atoms with Gasteiger partial charge in [-0.25, -0.2) is 14.6 Å². The van der Waals surface area contributed by atoms with Gasteiger partial charge >= 0.3 is 0 Å². The molecule has 0 unspecified atom stereocenters. The maximum absolute atomic E-state index is 11.8. The van der Waals surface area contributed by atoms with Gasteiger partial charge in [-0.2, -0.15) is 5.10 Å². The molecule has 25 heavy (non-hydrogen) atoms. The van der Waals surface area contributed by atoms with E-state index in [1.165, 1.54) is 23.5 Å². The summed E-state index contributed by atoms with van der Waals surface area (Å²) in [5, 5.41) is 9.09. The van der Waals surface area contributed by atoms with Gasteiger partial charge in [-0.1, -0.05) is 13.8 Å². The number of anilines is 1. The van der Waals surface area contributed by atoms with Gasteiger partial charge in [-0.05, 0) is 18.1 Å². The van der Waals surface area contributed by atoms with Crippen molar-refractivity contribution in [2.75, 3.05) is 11.9 Å². The van der Waals surface area contributed by atoms with E-state index in [1.54, 1.807) is 12.1 Å². The molecule has 0 aliphatic rings. The molecule has 11 heteroatoms. The van der Waals surface area contributed by atoms with E-state index < -0.39 is 6.04 Å². The van der Waals surface area contributed by atoms with Crippen LogP contribution in [0.1, 0.15) is 13.8 Å². The Balaban J connectivity index is 0.00000288. The number of carbonyl (C=O) groups is 2. The molecule has 1 atom stereocenters. The van der Waals surface area contributed by atoms with E-state index in [4.69, 9.17) is 5.73 Å². The summed E-state index contributed by atoms with van der Waals surface area (Å²) in [4.78, 5) is 31.5. The fraction of sp³-hybridized carbons (Fsp3) is 0.357. The lowest BCUT2D eigenvalue weighted by Crippen LogP contribution is -2.46. The molecule has 0 fully saturated rings. The number of pyridine rings is 1. The Morgan fingerprint density at radius 1 is 1.28 bits per heavy atom. The van der Waals surface area contributed by atoms with Gasteiger partial charge in [0, 0.05) is 0 Å². The third-order valence-electron chi connectivity index (χ3n) is 3.13. The lowest BCUT2D eigenvalue weighted by atomic mass is 10.1. The SMILES string of the molecule is CC(C)[C@H](N)C(=O)NCC(=O)Nc1ccc(-n2cncn2)nc1.Cl.Cl. The zero-order chi connectivity index (χ0) is 16.8. The molecule has 0 aliphatic carbocycles. The van der Waals surface area contributed by atoms with Crippen LogP contribution in [0.2, 0.25) is 0 Å². The fourth-order valence-electron chi connectivity index (χ4n) is 1.72. The van der Waals surface area contributed by atoms with Crippen molar-refractivity contribution in [1.29, 1.82) is 0 Å². The van der Waals surface area contributed by atoms with Crippen LogP contribution < -0.4 is 16.4 Å². The fourth-order valence-corrected chi connectivity index (χ4v) is 1.72. The highest BCUT2D eigenvalue weighted by atomic mass is 35.5. The summed E-state index contributed by atoms with van der Waals surface area (Å²) in [5.41, 5.74) is 6.21. The van der Waals surface area contributed by atoms with Crippen molar-refractivity contribution in [2.45, 2.75) is 19.9 Å². The molecule has 0 aromatic carbocycles. The Hall–Kier alpha value is -2.23. The highest BCUT2D eigenvalue weighted by Crippen LogP contribution is 2.08. The number of hydrogen-bond acceptors (Lipinski definition) is 6. The van der Waals surface area contributed by atoms with Gasteiger partial charge < -0.3 is 16.4 Å². The van der Waals surface area contributed by atoms with E-state index in [1.807, 2.05) is 13.8 Å². The zero-order valence-corrected chi connectivity index (χ0v) is 15.4. The second kappa shape index (κ2) is 10.6. The Kier molecular flexibility index (Phi) is 9.65. The van der Waals surface area contributed by atoms with Crippen LogP contribution in [0.3, 0.4) is 0 Å². The number of nitrogens with one attached hydrogen (secondary N) is 2. The first kappa shape index (κ1) is 22.8. The number of nitrogens with zero attached hydrogens (tertiary/aromatic N) is 4. The molecule has 0 aliphatic heterocycles. The molecule has 0 radical (unpaired) electrons. The van der Waals surface area contributed by atoms with E-state index in [2.05, 4.69) is 25.7 Å². The molecular formula is C14H21Cl2N7O2. The molecule has 0 bridgehead atoms. The van der Waals surface area contributed by atoms with Crippen molar-refractivity contribution in [1.82, 2.24) is 25.1 Å². The predicted molar refractivity (Wildman–Crippen MR) is 98.1 cm³/mol. The third kappa shape index (κ3) is 6.65. The van der Waals surface area contributed by atoms with Gasteiger partial charge in [0.05, 0.1) is 24.5 Å². The van der Waals surface area contributed by atoms with Crippen LogP contribution in [-0.2, 0) is 9.59 Å². The lowest BCUT2D eigenvalue weighted by Gasteiger charge is -2.15. The first-order valence-corrected chi connectivity index (χ1v) is 7.11. The van der Waals surface area contributed by atoms with Crippen LogP contribution in [0.15, 0.2) is 31.0 Å². The number of amides is 2. The number of rotatable bonds is 6. The van der Waals surface area contributed by atoms with Crippen LogP contribution >= 0.6 is 24.8 Å². The highest BCUT2D eigenvalue weighted by Gasteiger charge is 2.17. The molecule has 2 amide bonds. The quantitative estimate of drug-likeness (QED) is 0.661. The molecule has 0 saturated carbocycles. The Bertz CT molecular complexity index is 662. The molecule has 2 aromatic heterocycles. The topological polar surface area (TPSA) is 128 Å². The largest absolute Gasteiger partial charge is 0.346 e. The Morgan fingerprint density at radius 2 is 2.00 bits per heavy atom. The third-order valence-corrected chi connectivity index (χ3v) is 3.13.